The number of sulfonamides is 1. The maximum Gasteiger partial charge on any atom is 0.244 e. The Morgan fingerprint density at radius 2 is 1.95 bits per heavy atom. The molecule has 0 aliphatic carbocycles. The molecule has 1 aromatic rings. The molecule has 1 aliphatic rings. The van der Waals surface area contributed by atoms with Gasteiger partial charge < -0.3 is 5.11 Å². The zero-order valence-electron chi connectivity index (χ0n) is 10.1. The van der Waals surface area contributed by atoms with Crippen molar-refractivity contribution in [3.8, 4) is 0 Å². The molecule has 0 amide bonds. The molecule has 1 heterocycles. The van der Waals surface area contributed by atoms with Gasteiger partial charge in [-0.05, 0) is 33.6 Å². The minimum absolute atomic E-state index is 0.137. The molecular weight excluding hydrogens is 354 g/mol. The average molecular weight is 368 g/mol. The molecule has 0 spiro atoms. The molecule has 1 saturated heterocycles. The number of nitrogens with zero attached hydrogens (tertiary/aromatic N) is 1. The third kappa shape index (κ3) is 3.25. The Labute approximate surface area is 123 Å². The van der Waals surface area contributed by atoms with E-state index >= 15 is 0 Å². The maximum atomic E-state index is 12.4. The highest BCUT2D eigenvalue weighted by Gasteiger charge is 2.29. The number of aliphatic hydroxyl groups excluding tert-OH is 1. The topological polar surface area (TPSA) is 74.7 Å². The van der Waals surface area contributed by atoms with E-state index in [0.29, 0.717) is 21.5 Å². The highest BCUT2D eigenvalue weighted by Crippen LogP contribution is 2.27. The van der Waals surface area contributed by atoms with E-state index < -0.39 is 20.8 Å². The minimum atomic E-state index is -3.57. The van der Waals surface area contributed by atoms with Gasteiger partial charge >= 0.3 is 0 Å². The number of hydrogen-bond donors (Lipinski definition) is 1. The first-order valence-corrected chi connectivity index (χ1v) is 9.41. The van der Waals surface area contributed by atoms with Gasteiger partial charge in [-0.3, -0.25) is 4.21 Å². The fraction of sp³-hybridized carbons (Fsp3) is 0.455. The van der Waals surface area contributed by atoms with Crippen molar-refractivity contribution in [2.24, 2.45) is 0 Å². The minimum Gasteiger partial charge on any atom is -0.392 e. The Morgan fingerprint density at radius 1 is 1.32 bits per heavy atom. The molecule has 1 N–H and O–H groups in total. The van der Waals surface area contributed by atoms with Crippen LogP contribution in [0.2, 0.25) is 0 Å². The van der Waals surface area contributed by atoms with Crippen LogP contribution in [0, 0.1) is 0 Å². The van der Waals surface area contributed by atoms with Crippen molar-refractivity contribution in [2.75, 3.05) is 24.6 Å². The van der Waals surface area contributed by atoms with Crippen LogP contribution in [0.15, 0.2) is 27.6 Å². The summed E-state index contributed by atoms with van der Waals surface area (Å²) < 4.78 is 38.0. The first-order valence-electron chi connectivity index (χ1n) is 5.69. The second-order valence-corrected chi connectivity index (χ2v) is 8.63. The highest BCUT2D eigenvalue weighted by molar-refractivity contribution is 9.10. The van der Waals surface area contributed by atoms with Gasteiger partial charge in [0.1, 0.15) is 0 Å². The van der Waals surface area contributed by atoms with Crippen molar-refractivity contribution >= 4 is 36.8 Å². The molecule has 0 bridgehead atoms. The highest BCUT2D eigenvalue weighted by atomic mass is 79.9. The lowest BCUT2D eigenvalue weighted by Crippen LogP contribution is -2.41. The first-order chi connectivity index (χ1) is 8.95. The summed E-state index contributed by atoms with van der Waals surface area (Å²) in [4.78, 5) is 0.178. The molecule has 1 aromatic carbocycles. The van der Waals surface area contributed by atoms with Crippen LogP contribution in [0.5, 0.6) is 0 Å². The molecule has 0 radical (unpaired) electrons. The molecule has 19 heavy (non-hydrogen) atoms. The van der Waals surface area contributed by atoms with E-state index in [2.05, 4.69) is 15.9 Å². The molecule has 2 rings (SSSR count). The lowest BCUT2D eigenvalue weighted by atomic mass is 10.2. The fourth-order valence-electron chi connectivity index (χ4n) is 1.85. The van der Waals surface area contributed by atoms with Gasteiger partial charge in [-0.25, -0.2) is 8.42 Å². The Hall–Kier alpha value is -0.280. The number of aliphatic hydroxyl groups is 1. The molecule has 8 heteroatoms. The van der Waals surface area contributed by atoms with E-state index in [1.165, 1.54) is 10.4 Å². The van der Waals surface area contributed by atoms with Gasteiger partial charge in [-0.2, -0.15) is 4.31 Å². The molecule has 0 saturated carbocycles. The molecule has 1 aliphatic heterocycles. The van der Waals surface area contributed by atoms with Crippen LogP contribution >= 0.6 is 15.9 Å². The maximum absolute atomic E-state index is 12.4. The summed E-state index contributed by atoms with van der Waals surface area (Å²) in [6, 6.07) is 4.66. The van der Waals surface area contributed by atoms with E-state index in [0.717, 1.165) is 0 Å². The number of benzene rings is 1. The fourth-order valence-corrected chi connectivity index (χ4v) is 5.66. The van der Waals surface area contributed by atoms with Gasteiger partial charge in [-0.1, -0.05) is 6.07 Å². The molecule has 0 atom stereocenters. The van der Waals surface area contributed by atoms with Crippen LogP contribution < -0.4 is 0 Å². The standard InChI is InChI=1S/C11H14BrNO4S2/c12-10-7-9(8-14)1-2-11(10)19(16,17)13-3-5-18(15)6-4-13/h1-2,7,14H,3-6,8H2. The van der Waals surface area contributed by atoms with E-state index in [4.69, 9.17) is 5.11 Å². The second-order valence-electron chi connectivity index (χ2n) is 4.18. The van der Waals surface area contributed by atoms with Crippen LogP contribution in [0.3, 0.4) is 0 Å². The summed E-state index contributed by atoms with van der Waals surface area (Å²) in [7, 11) is -4.48. The van der Waals surface area contributed by atoms with Crippen LogP contribution in [-0.2, 0) is 27.4 Å². The Balaban J connectivity index is 2.31. The van der Waals surface area contributed by atoms with E-state index in [-0.39, 0.29) is 24.6 Å². The summed E-state index contributed by atoms with van der Waals surface area (Å²) >= 11 is 3.23. The predicted octanol–water partition coefficient (Wildman–Crippen LogP) is 0.694. The van der Waals surface area contributed by atoms with Crippen LogP contribution in [-0.4, -0.2) is 46.6 Å². The molecule has 5 nitrogen and oxygen atoms in total. The quantitative estimate of drug-likeness (QED) is 0.852. The van der Waals surface area contributed by atoms with Crippen molar-refractivity contribution in [2.45, 2.75) is 11.5 Å². The number of rotatable bonds is 3. The Morgan fingerprint density at radius 3 is 2.47 bits per heavy atom. The Kier molecular flexibility index (Phi) is 4.78. The largest absolute Gasteiger partial charge is 0.392 e. The van der Waals surface area contributed by atoms with Gasteiger partial charge in [0.2, 0.25) is 10.0 Å². The third-order valence-corrected chi connectivity index (χ3v) is 7.08. The normalized spacial score (nSPS) is 18.6. The van der Waals surface area contributed by atoms with Gasteiger partial charge in [0.15, 0.2) is 0 Å². The summed E-state index contributed by atoms with van der Waals surface area (Å²) in [5.41, 5.74) is 0.644. The smallest absolute Gasteiger partial charge is 0.244 e. The third-order valence-electron chi connectivity index (χ3n) is 2.93. The van der Waals surface area contributed by atoms with Gasteiger partial charge in [-0.15, -0.1) is 0 Å². The summed E-state index contributed by atoms with van der Waals surface area (Å²) in [5.74, 6) is 0.761. The number of halogens is 1. The summed E-state index contributed by atoms with van der Waals surface area (Å²) in [5, 5.41) is 9.02. The zero-order chi connectivity index (χ0) is 14.0. The average Bonchev–Trinajstić information content (AvgIpc) is 2.38. The van der Waals surface area contributed by atoms with Crippen molar-refractivity contribution in [3.05, 3.63) is 28.2 Å². The molecular formula is C11H14BrNO4S2. The van der Waals surface area contributed by atoms with Crippen molar-refractivity contribution in [1.82, 2.24) is 4.31 Å². The Bertz CT molecular complexity index is 593. The summed E-state index contributed by atoms with van der Waals surface area (Å²) in [6.45, 7) is 0.424. The lowest BCUT2D eigenvalue weighted by molar-refractivity contribution is 0.281. The molecule has 1 fully saturated rings. The van der Waals surface area contributed by atoms with Gasteiger partial charge in [0.25, 0.3) is 0 Å². The van der Waals surface area contributed by atoms with E-state index in [1.54, 1.807) is 12.1 Å². The zero-order valence-corrected chi connectivity index (χ0v) is 13.3. The van der Waals surface area contributed by atoms with Crippen molar-refractivity contribution in [1.29, 1.82) is 0 Å². The monoisotopic (exact) mass is 367 g/mol. The van der Waals surface area contributed by atoms with Gasteiger partial charge in [0, 0.05) is 39.9 Å². The number of hydrogen-bond acceptors (Lipinski definition) is 4. The predicted molar refractivity (Wildman–Crippen MR) is 76.7 cm³/mol. The van der Waals surface area contributed by atoms with Crippen molar-refractivity contribution in [3.63, 3.8) is 0 Å². The van der Waals surface area contributed by atoms with E-state index in [1.807, 2.05) is 0 Å². The summed E-state index contributed by atoms with van der Waals surface area (Å²) in [6.07, 6.45) is 0. The molecule has 0 aromatic heterocycles. The van der Waals surface area contributed by atoms with Gasteiger partial charge in [0.05, 0.1) is 11.5 Å². The van der Waals surface area contributed by atoms with E-state index in [9.17, 15) is 12.6 Å². The van der Waals surface area contributed by atoms with Crippen LogP contribution in [0.25, 0.3) is 0 Å². The van der Waals surface area contributed by atoms with Crippen LogP contribution in [0.1, 0.15) is 5.56 Å². The molecule has 106 valence electrons. The SMILES string of the molecule is O=S1CCN(S(=O)(=O)c2ccc(CO)cc2Br)CC1. The first kappa shape index (κ1) is 15.1. The van der Waals surface area contributed by atoms with Crippen LogP contribution in [0.4, 0.5) is 0 Å². The van der Waals surface area contributed by atoms with Crippen molar-refractivity contribution < 1.29 is 17.7 Å². The lowest BCUT2D eigenvalue weighted by Gasteiger charge is -2.26. The second kappa shape index (κ2) is 6.01. The molecule has 0 unspecified atom stereocenters.